The van der Waals surface area contributed by atoms with Crippen molar-refractivity contribution in [3.8, 4) is 0 Å². The molecule has 110 valence electrons. The second-order valence-corrected chi connectivity index (χ2v) is 3.93. The first-order valence-corrected chi connectivity index (χ1v) is 5.84. The van der Waals surface area contributed by atoms with Gasteiger partial charge in [0.05, 0.1) is 5.69 Å². The summed E-state index contributed by atoms with van der Waals surface area (Å²) in [5.41, 5.74) is 13.1. The number of nitrogens with zero attached hydrogens (tertiary/aromatic N) is 2. The second kappa shape index (κ2) is 6.59. The average molecular weight is 293 g/mol. The minimum absolute atomic E-state index is 0.157. The van der Waals surface area contributed by atoms with Crippen LogP contribution < -0.4 is 27.2 Å². The Labute approximate surface area is 119 Å². The summed E-state index contributed by atoms with van der Waals surface area (Å²) in [5, 5.41) is 8.58. The minimum atomic E-state index is -0.715. The lowest BCUT2D eigenvalue weighted by molar-refractivity contribution is 0.577. The Morgan fingerprint density at radius 1 is 1.19 bits per heavy atom. The van der Waals surface area contributed by atoms with Crippen LogP contribution in [0.3, 0.4) is 0 Å². The fourth-order valence-electron chi connectivity index (χ4n) is 1.51. The predicted octanol–water partition coefficient (Wildman–Crippen LogP) is 1.10. The van der Waals surface area contributed by atoms with Crippen molar-refractivity contribution in [2.75, 3.05) is 10.4 Å². The Balaban J connectivity index is 1.98. The average Bonchev–Trinajstić information content (AvgIpc) is 2.43. The van der Waals surface area contributed by atoms with Crippen LogP contribution in [0.25, 0.3) is 0 Å². The third kappa shape index (κ3) is 4.09. The van der Waals surface area contributed by atoms with Gasteiger partial charge in [0, 0.05) is 12.3 Å². The van der Waals surface area contributed by atoms with Crippen molar-refractivity contribution in [3.05, 3.63) is 54.2 Å². The normalized spacial score (nSPS) is 10.2. The lowest BCUT2D eigenvalue weighted by Crippen LogP contribution is -2.55. The number of hydrogen-bond donors (Lipinski definition) is 5. The van der Waals surface area contributed by atoms with Crippen molar-refractivity contribution in [2.45, 2.75) is 0 Å². The van der Waals surface area contributed by atoms with Crippen LogP contribution in [-0.2, 0) is 0 Å². The maximum absolute atomic E-state index is 13.0. The molecule has 0 saturated heterocycles. The van der Waals surface area contributed by atoms with Crippen LogP contribution in [0.5, 0.6) is 0 Å². The molecule has 1 heterocycles. The van der Waals surface area contributed by atoms with Crippen molar-refractivity contribution < 1.29 is 8.78 Å². The van der Waals surface area contributed by atoms with Gasteiger partial charge in [-0.2, -0.15) is 5.53 Å². The molecule has 1 aromatic carbocycles. The fraction of sp³-hybridized carbons (Fsp3) is 0. The number of halogens is 2. The molecule has 0 saturated carbocycles. The van der Waals surface area contributed by atoms with Crippen molar-refractivity contribution in [3.63, 3.8) is 0 Å². The SMILES string of the molecule is N=C(N)N(NNNc1cc(F)cc(F)c1)c1ccccn1. The maximum atomic E-state index is 13.0. The Morgan fingerprint density at radius 3 is 2.48 bits per heavy atom. The molecular weight excluding hydrogens is 280 g/mol. The Bertz CT molecular complexity index is 600. The number of guanidine groups is 1. The van der Waals surface area contributed by atoms with Crippen molar-refractivity contribution in [2.24, 2.45) is 5.73 Å². The van der Waals surface area contributed by atoms with Crippen LogP contribution in [0.1, 0.15) is 0 Å². The van der Waals surface area contributed by atoms with E-state index in [1.807, 2.05) is 0 Å². The first-order chi connectivity index (χ1) is 10.1. The molecule has 2 aromatic rings. The van der Waals surface area contributed by atoms with Crippen LogP contribution in [-0.4, -0.2) is 10.9 Å². The molecule has 0 unspecified atom stereocenters. The summed E-state index contributed by atoms with van der Waals surface area (Å²) in [6.45, 7) is 0. The molecule has 0 radical (unpaired) electrons. The van der Waals surface area contributed by atoms with E-state index in [1.54, 1.807) is 18.2 Å². The summed E-state index contributed by atoms with van der Waals surface area (Å²) < 4.78 is 26.0. The highest BCUT2D eigenvalue weighted by Gasteiger charge is 2.09. The van der Waals surface area contributed by atoms with E-state index in [0.29, 0.717) is 5.82 Å². The van der Waals surface area contributed by atoms with E-state index >= 15 is 0 Å². The molecule has 0 bridgehead atoms. The Hall–Kier alpha value is -2.78. The maximum Gasteiger partial charge on any atom is 0.210 e. The molecule has 0 aliphatic rings. The minimum Gasteiger partial charge on any atom is -0.369 e. The van der Waals surface area contributed by atoms with Gasteiger partial charge < -0.3 is 11.2 Å². The van der Waals surface area contributed by atoms with Gasteiger partial charge in [0.2, 0.25) is 5.96 Å². The molecule has 6 N–H and O–H groups in total. The highest BCUT2D eigenvalue weighted by molar-refractivity contribution is 5.90. The number of pyridine rings is 1. The summed E-state index contributed by atoms with van der Waals surface area (Å²) in [4.78, 5) is 4.01. The predicted molar refractivity (Wildman–Crippen MR) is 74.9 cm³/mol. The van der Waals surface area contributed by atoms with Crippen LogP contribution in [0, 0.1) is 17.0 Å². The summed E-state index contributed by atoms with van der Waals surface area (Å²) in [7, 11) is 0. The molecule has 21 heavy (non-hydrogen) atoms. The summed E-state index contributed by atoms with van der Waals surface area (Å²) in [5.74, 6) is -1.39. The summed E-state index contributed by atoms with van der Waals surface area (Å²) in [6.07, 6.45) is 1.53. The largest absolute Gasteiger partial charge is 0.369 e. The van der Waals surface area contributed by atoms with E-state index in [4.69, 9.17) is 11.1 Å². The third-order valence-electron chi connectivity index (χ3n) is 2.36. The number of benzene rings is 1. The lowest BCUT2D eigenvalue weighted by atomic mass is 10.3. The van der Waals surface area contributed by atoms with Gasteiger partial charge in [-0.1, -0.05) is 6.07 Å². The van der Waals surface area contributed by atoms with Crippen molar-refractivity contribution in [1.29, 1.82) is 5.41 Å². The van der Waals surface area contributed by atoms with Gasteiger partial charge in [0.15, 0.2) is 5.82 Å². The molecule has 0 atom stereocenters. The van der Waals surface area contributed by atoms with Gasteiger partial charge in [-0.15, -0.1) is 5.53 Å². The molecule has 7 nitrogen and oxygen atoms in total. The molecule has 0 aliphatic heterocycles. The van der Waals surface area contributed by atoms with E-state index in [2.05, 4.69) is 21.5 Å². The van der Waals surface area contributed by atoms with Gasteiger partial charge in [-0.05, 0) is 24.3 Å². The van der Waals surface area contributed by atoms with Crippen molar-refractivity contribution >= 4 is 17.5 Å². The zero-order chi connectivity index (χ0) is 15.2. The lowest BCUT2D eigenvalue weighted by Gasteiger charge is -2.22. The number of nitrogens with one attached hydrogen (secondary N) is 4. The number of aromatic nitrogens is 1. The molecule has 0 fully saturated rings. The number of hydrogen-bond acceptors (Lipinski definition) is 5. The van der Waals surface area contributed by atoms with E-state index in [1.165, 1.54) is 6.20 Å². The van der Waals surface area contributed by atoms with Gasteiger partial charge in [0.1, 0.15) is 11.6 Å². The molecule has 0 amide bonds. The monoisotopic (exact) mass is 293 g/mol. The zero-order valence-corrected chi connectivity index (χ0v) is 10.8. The summed E-state index contributed by atoms with van der Waals surface area (Å²) >= 11 is 0. The quantitative estimate of drug-likeness (QED) is 0.321. The van der Waals surface area contributed by atoms with E-state index < -0.39 is 11.6 Å². The second-order valence-electron chi connectivity index (χ2n) is 3.93. The van der Waals surface area contributed by atoms with Crippen LogP contribution >= 0.6 is 0 Å². The number of nitrogens with two attached hydrogens (primary N) is 1. The molecular formula is C12H13F2N7. The number of rotatable bonds is 5. The van der Waals surface area contributed by atoms with Crippen LogP contribution in [0.4, 0.5) is 20.3 Å². The van der Waals surface area contributed by atoms with E-state index in [-0.39, 0.29) is 11.6 Å². The van der Waals surface area contributed by atoms with Gasteiger partial charge in [0.25, 0.3) is 0 Å². The molecule has 0 aliphatic carbocycles. The third-order valence-corrected chi connectivity index (χ3v) is 2.36. The zero-order valence-electron chi connectivity index (χ0n) is 10.8. The van der Waals surface area contributed by atoms with Gasteiger partial charge in [-0.25, -0.2) is 18.8 Å². The molecule has 2 rings (SSSR count). The molecule has 0 spiro atoms. The first-order valence-electron chi connectivity index (χ1n) is 5.84. The highest BCUT2D eigenvalue weighted by Crippen LogP contribution is 2.11. The molecule has 9 heteroatoms. The van der Waals surface area contributed by atoms with Crippen LogP contribution in [0.15, 0.2) is 42.6 Å². The number of anilines is 2. The van der Waals surface area contributed by atoms with Gasteiger partial charge >= 0.3 is 0 Å². The Morgan fingerprint density at radius 2 is 1.90 bits per heavy atom. The highest BCUT2D eigenvalue weighted by atomic mass is 19.1. The van der Waals surface area contributed by atoms with Crippen LogP contribution in [0.2, 0.25) is 0 Å². The summed E-state index contributed by atoms with van der Waals surface area (Å²) in [6, 6.07) is 8.00. The topological polar surface area (TPSA) is 102 Å². The molecule has 1 aromatic heterocycles. The fourth-order valence-corrected chi connectivity index (χ4v) is 1.51. The van der Waals surface area contributed by atoms with E-state index in [0.717, 1.165) is 23.2 Å². The van der Waals surface area contributed by atoms with E-state index in [9.17, 15) is 8.78 Å². The first kappa shape index (κ1) is 14.6. The van der Waals surface area contributed by atoms with Gasteiger partial charge in [-0.3, -0.25) is 5.41 Å². The number of hydrazine groups is 3. The van der Waals surface area contributed by atoms with Crippen molar-refractivity contribution in [1.82, 2.24) is 16.1 Å². The smallest absolute Gasteiger partial charge is 0.210 e. The Kier molecular flexibility index (Phi) is 4.59. The standard InChI is InChI=1S/C12H13F2N7/c13-8-5-9(14)7-10(6-8)18-19-20-21(12(15)16)11-3-1-2-4-17-11/h1-7,18-20H,(H3,15,16).